The van der Waals surface area contributed by atoms with E-state index in [1.807, 2.05) is 0 Å². The maximum atomic E-state index is 12.7. The molecule has 0 spiro atoms. The summed E-state index contributed by atoms with van der Waals surface area (Å²) in [6, 6.07) is 0.0945. The highest BCUT2D eigenvalue weighted by molar-refractivity contribution is 5.96. The molecule has 1 amide bonds. The fourth-order valence-electron chi connectivity index (χ4n) is 3.72. The molecule has 4 rings (SSSR count). The van der Waals surface area contributed by atoms with Gasteiger partial charge in [-0.05, 0) is 26.2 Å². The molecule has 0 radical (unpaired) electrons. The van der Waals surface area contributed by atoms with Gasteiger partial charge < -0.3 is 19.3 Å². The van der Waals surface area contributed by atoms with Gasteiger partial charge in [0.25, 0.3) is 5.91 Å². The molecule has 1 aliphatic carbocycles. The largest absolute Gasteiger partial charge is 0.503 e. The molecule has 6 nitrogen and oxygen atoms in total. The predicted octanol–water partition coefficient (Wildman–Crippen LogP) is 0.596. The molecule has 1 saturated carbocycles. The van der Waals surface area contributed by atoms with Crippen molar-refractivity contribution in [3.05, 3.63) is 27.7 Å². The third-order valence-electron chi connectivity index (χ3n) is 4.64. The van der Waals surface area contributed by atoms with Crippen LogP contribution < -0.4 is 5.43 Å². The highest BCUT2D eigenvalue weighted by Crippen LogP contribution is 2.39. The fraction of sp³-hybridized carbons (Fsp3) is 0.571. The second-order valence-corrected chi connectivity index (χ2v) is 5.83. The lowest BCUT2D eigenvalue weighted by molar-refractivity contribution is -0.0178. The molecule has 3 atom stereocenters. The number of amides is 1. The number of nitrogens with zero attached hydrogens (tertiary/aromatic N) is 2. The van der Waals surface area contributed by atoms with Crippen molar-refractivity contribution in [1.29, 1.82) is 0 Å². The molecule has 0 unspecified atom stereocenters. The summed E-state index contributed by atoms with van der Waals surface area (Å²) in [7, 11) is 0. The Kier molecular flexibility index (Phi) is 2.30. The Labute approximate surface area is 115 Å². The minimum Gasteiger partial charge on any atom is -0.503 e. The number of hydrogen-bond donors (Lipinski definition) is 1. The van der Waals surface area contributed by atoms with Crippen LogP contribution in [-0.2, 0) is 11.3 Å². The Morgan fingerprint density at radius 2 is 2.15 bits per heavy atom. The van der Waals surface area contributed by atoms with Crippen LogP contribution in [0.2, 0.25) is 0 Å². The number of fused-ring (bicyclic) bond motifs is 4. The van der Waals surface area contributed by atoms with Gasteiger partial charge in [-0.3, -0.25) is 9.59 Å². The van der Waals surface area contributed by atoms with Gasteiger partial charge in [0.05, 0.1) is 18.7 Å². The fourth-order valence-corrected chi connectivity index (χ4v) is 3.72. The molecular weight excluding hydrogens is 260 g/mol. The van der Waals surface area contributed by atoms with Crippen LogP contribution in [0.25, 0.3) is 0 Å². The van der Waals surface area contributed by atoms with Crippen molar-refractivity contribution in [2.24, 2.45) is 0 Å². The molecule has 6 heteroatoms. The number of pyridine rings is 1. The van der Waals surface area contributed by atoms with Crippen molar-refractivity contribution in [3.63, 3.8) is 0 Å². The van der Waals surface area contributed by atoms with Crippen LogP contribution in [0.1, 0.15) is 35.3 Å². The third kappa shape index (κ3) is 1.37. The van der Waals surface area contributed by atoms with Crippen LogP contribution in [0.3, 0.4) is 0 Å². The highest BCUT2D eigenvalue weighted by Gasteiger charge is 2.50. The Hall–Kier alpha value is -1.82. The number of hydrogen-bond acceptors (Lipinski definition) is 4. The molecule has 2 fully saturated rings. The van der Waals surface area contributed by atoms with Crippen molar-refractivity contribution in [2.75, 3.05) is 0 Å². The lowest BCUT2D eigenvalue weighted by atomic mass is 10.1. The lowest BCUT2D eigenvalue weighted by Crippen LogP contribution is -2.49. The number of carbonyl (C=O) groups excluding carboxylic acids is 1. The van der Waals surface area contributed by atoms with Gasteiger partial charge in [-0.15, -0.1) is 0 Å². The minimum atomic E-state index is -0.467. The number of rotatable bonds is 0. The molecule has 1 N–H and O–H groups in total. The summed E-state index contributed by atoms with van der Waals surface area (Å²) < 4.78 is 7.60. The van der Waals surface area contributed by atoms with Crippen LogP contribution in [0.15, 0.2) is 11.0 Å². The van der Waals surface area contributed by atoms with Gasteiger partial charge in [0.1, 0.15) is 0 Å². The summed E-state index contributed by atoms with van der Waals surface area (Å²) in [6.45, 7) is 2.11. The van der Waals surface area contributed by atoms with Crippen molar-refractivity contribution in [3.8, 4) is 5.75 Å². The summed E-state index contributed by atoms with van der Waals surface area (Å²) in [6.07, 6.45) is 4.43. The van der Waals surface area contributed by atoms with Gasteiger partial charge in [0.2, 0.25) is 5.43 Å². The number of ether oxygens (including phenoxy) is 1. The first-order valence-corrected chi connectivity index (χ1v) is 6.99. The maximum absolute atomic E-state index is 12.7. The minimum absolute atomic E-state index is 0.0945. The van der Waals surface area contributed by atoms with Crippen LogP contribution >= 0.6 is 0 Å². The Morgan fingerprint density at radius 1 is 1.35 bits per heavy atom. The number of aromatic hydroxyl groups is 1. The molecule has 20 heavy (non-hydrogen) atoms. The Balaban J connectivity index is 1.85. The number of aryl methyl sites for hydroxylation is 1. The van der Waals surface area contributed by atoms with Gasteiger partial charge in [-0.25, -0.2) is 0 Å². The second-order valence-electron chi connectivity index (χ2n) is 5.83. The van der Waals surface area contributed by atoms with Gasteiger partial charge in [0.15, 0.2) is 17.7 Å². The van der Waals surface area contributed by atoms with Gasteiger partial charge >= 0.3 is 0 Å². The summed E-state index contributed by atoms with van der Waals surface area (Å²) >= 11 is 0. The SMILES string of the molecule is Cc1cn2c(c(O)c1=O)C(=O)N1[C@@H](C2)O[C@@H]2CCC[C@@H]21. The molecule has 106 valence electrons. The standard InChI is InChI=1S/C14H16N2O4/c1-7-5-15-6-10-16(8-3-2-4-9(8)20-10)14(19)11(15)13(18)12(7)17/h5,8-10,18H,2-4,6H2,1H3/t8-,9+,10+/m0/s1. The van der Waals surface area contributed by atoms with Gasteiger partial charge in [0, 0.05) is 11.8 Å². The zero-order valence-electron chi connectivity index (χ0n) is 11.2. The zero-order valence-corrected chi connectivity index (χ0v) is 11.2. The summed E-state index contributed by atoms with van der Waals surface area (Å²) in [5.41, 5.74) is 0.0739. The van der Waals surface area contributed by atoms with E-state index < -0.39 is 11.2 Å². The van der Waals surface area contributed by atoms with Crippen molar-refractivity contribution < 1.29 is 14.6 Å². The van der Waals surface area contributed by atoms with E-state index in [1.54, 1.807) is 22.6 Å². The highest BCUT2D eigenvalue weighted by atomic mass is 16.5. The summed E-state index contributed by atoms with van der Waals surface area (Å²) in [4.78, 5) is 26.2. The van der Waals surface area contributed by atoms with E-state index in [4.69, 9.17) is 4.74 Å². The normalized spacial score (nSPS) is 31.1. The van der Waals surface area contributed by atoms with E-state index in [0.29, 0.717) is 12.1 Å². The topological polar surface area (TPSA) is 71.8 Å². The van der Waals surface area contributed by atoms with Crippen LogP contribution in [0.5, 0.6) is 5.75 Å². The molecule has 1 saturated heterocycles. The van der Waals surface area contributed by atoms with E-state index in [-0.39, 0.29) is 30.0 Å². The van der Waals surface area contributed by atoms with E-state index >= 15 is 0 Å². The number of carbonyl (C=O) groups is 1. The van der Waals surface area contributed by atoms with E-state index in [2.05, 4.69) is 0 Å². The second kappa shape index (κ2) is 3.85. The van der Waals surface area contributed by atoms with Crippen LogP contribution in [0, 0.1) is 6.92 Å². The molecule has 3 aliphatic rings. The van der Waals surface area contributed by atoms with Gasteiger partial charge in [-0.1, -0.05) is 0 Å². The quantitative estimate of drug-likeness (QED) is 0.753. The Bertz CT molecular complexity index is 666. The first-order chi connectivity index (χ1) is 9.58. The zero-order chi connectivity index (χ0) is 14.0. The number of aromatic nitrogens is 1. The molecule has 1 aromatic rings. The van der Waals surface area contributed by atoms with Crippen molar-refractivity contribution >= 4 is 5.91 Å². The van der Waals surface area contributed by atoms with E-state index in [9.17, 15) is 14.7 Å². The average Bonchev–Trinajstić information content (AvgIpc) is 2.95. The molecule has 1 aromatic heterocycles. The van der Waals surface area contributed by atoms with Gasteiger partial charge in [-0.2, -0.15) is 0 Å². The first-order valence-electron chi connectivity index (χ1n) is 6.99. The maximum Gasteiger partial charge on any atom is 0.276 e. The molecule has 0 aromatic carbocycles. The smallest absolute Gasteiger partial charge is 0.276 e. The third-order valence-corrected chi connectivity index (χ3v) is 4.64. The molecule has 0 bridgehead atoms. The van der Waals surface area contributed by atoms with Crippen LogP contribution in [0.4, 0.5) is 0 Å². The lowest BCUT2D eigenvalue weighted by Gasteiger charge is -2.34. The van der Waals surface area contributed by atoms with E-state index in [0.717, 1.165) is 19.3 Å². The predicted molar refractivity (Wildman–Crippen MR) is 69.6 cm³/mol. The Morgan fingerprint density at radius 3 is 2.95 bits per heavy atom. The van der Waals surface area contributed by atoms with Crippen molar-refractivity contribution in [2.45, 2.75) is 51.1 Å². The summed E-state index contributed by atoms with van der Waals surface area (Å²) in [5.74, 6) is -0.722. The molecular formula is C14H16N2O4. The van der Waals surface area contributed by atoms with Crippen molar-refractivity contribution in [1.82, 2.24) is 9.47 Å². The average molecular weight is 276 g/mol. The molecule has 3 heterocycles. The van der Waals surface area contributed by atoms with E-state index in [1.165, 1.54) is 0 Å². The first kappa shape index (κ1) is 12.0. The summed E-state index contributed by atoms with van der Waals surface area (Å²) in [5, 5.41) is 10.0. The monoisotopic (exact) mass is 276 g/mol. The molecule has 2 aliphatic heterocycles. The van der Waals surface area contributed by atoms with Crippen LogP contribution in [-0.4, -0.2) is 38.9 Å².